The van der Waals surface area contributed by atoms with Crippen LogP contribution in [0.2, 0.25) is 13.1 Å². The van der Waals surface area contributed by atoms with Crippen molar-refractivity contribution in [2.24, 2.45) is 5.92 Å². The molecule has 120 valence electrons. The zero-order valence-corrected chi connectivity index (χ0v) is 18.3. The minimum Gasteiger partial charge on any atom is -1.00 e. The minimum atomic E-state index is -1.41. The van der Waals surface area contributed by atoms with E-state index in [4.69, 9.17) is 0 Å². The van der Waals surface area contributed by atoms with Crippen LogP contribution in [0.25, 0.3) is 0 Å². The first kappa shape index (κ1) is 22.0. The molecule has 1 aliphatic rings. The average Bonchev–Trinajstić information content (AvgIpc) is 2.62. The number of benzene rings is 1. The molecule has 1 aliphatic carbocycles. The van der Waals surface area contributed by atoms with Crippen LogP contribution in [-0.4, -0.2) is 6.19 Å². The molecule has 0 fully saturated rings. The van der Waals surface area contributed by atoms with Crippen molar-refractivity contribution in [2.45, 2.75) is 40.8 Å². The molecule has 1 aromatic carbocycles. The predicted octanol–water partition coefficient (Wildman–Crippen LogP) is -0.849. The van der Waals surface area contributed by atoms with E-state index < -0.39 is 16.9 Å². The van der Waals surface area contributed by atoms with Crippen LogP contribution in [0, 0.1) is 5.92 Å². The molecule has 0 heterocycles. The molecule has 1 N–H and O–H groups in total. The molecule has 0 saturated heterocycles. The van der Waals surface area contributed by atoms with Crippen molar-refractivity contribution in [2.75, 3.05) is 3.80 Å². The van der Waals surface area contributed by atoms with E-state index >= 15 is 0 Å². The van der Waals surface area contributed by atoms with Gasteiger partial charge in [-0.15, -0.1) is 0 Å². The van der Waals surface area contributed by atoms with Gasteiger partial charge in [0, 0.05) is 0 Å². The SMILES string of the molecule is CC1=C(C)C(C)[C]([Ti+2]([NH]c2ccccc2)=[Si](C)C)=C1C.[Cl-].[Cl-]. The van der Waals surface area contributed by atoms with Gasteiger partial charge < -0.3 is 24.8 Å². The van der Waals surface area contributed by atoms with E-state index in [-0.39, 0.29) is 31.0 Å². The van der Waals surface area contributed by atoms with Crippen LogP contribution >= 0.6 is 0 Å². The Labute approximate surface area is 154 Å². The zero-order valence-electron chi connectivity index (χ0n) is 14.2. The maximum absolute atomic E-state index is 3.95. The normalized spacial score (nSPS) is 16.5. The van der Waals surface area contributed by atoms with E-state index in [1.54, 1.807) is 15.0 Å². The second-order valence-corrected chi connectivity index (χ2v) is 17.1. The Morgan fingerprint density at radius 1 is 0.955 bits per heavy atom. The van der Waals surface area contributed by atoms with Gasteiger partial charge in [0.25, 0.3) is 0 Å². The van der Waals surface area contributed by atoms with Crippen LogP contribution < -0.4 is 28.6 Å². The van der Waals surface area contributed by atoms with Crippen LogP contribution in [0.5, 0.6) is 0 Å². The number of hydrogen-bond donors (Lipinski definition) is 1. The van der Waals surface area contributed by atoms with Gasteiger partial charge in [0.1, 0.15) is 0 Å². The molecule has 0 amide bonds. The minimum absolute atomic E-state index is 0. The van der Waals surface area contributed by atoms with Crippen LogP contribution in [0.3, 0.4) is 0 Å². The fourth-order valence-corrected chi connectivity index (χ4v) is 12.5. The quantitative estimate of drug-likeness (QED) is 0.664. The fraction of sp³-hybridized carbons (Fsp3) is 0.412. The Bertz CT molecular complexity index is 617. The summed E-state index contributed by atoms with van der Waals surface area (Å²) in [6, 6.07) is 10.8. The summed E-state index contributed by atoms with van der Waals surface area (Å²) >= 11 is -1.41. The predicted molar refractivity (Wildman–Crippen MR) is 87.8 cm³/mol. The summed E-state index contributed by atoms with van der Waals surface area (Å²) in [5.41, 5.74) is 6.01. The number of rotatable bonds is 3. The molecular formula is C17H25Cl2NSiTi. The number of nitrogens with one attached hydrogen (secondary N) is 1. The number of hydrogen-bond acceptors (Lipinski definition) is 1. The molecule has 0 saturated carbocycles. The van der Waals surface area contributed by atoms with Crippen LogP contribution in [0.4, 0.5) is 5.69 Å². The van der Waals surface area contributed by atoms with E-state index in [1.165, 1.54) is 11.3 Å². The van der Waals surface area contributed by atoms with E-state index in [0.717, 1.165) is 0 Å². The first-order valence-corrected chi connectivity index (χ1v) is 13.7. The van der Waals surface area contributed by atoms with Crippen LogP contribution in [0.1, 0.15) is 27.7 Å². The van der Waals surface area contributed by atoms with Gasteiger partial charge >= 0.3 is 130 Å². The molecule has 0 spiro atoms. The largest absolute Gasteiger partial charge is 1.00 e. The van der Waals surface area contributed by atoms with Gasteiger partial charge in [0.05, 0.1) is 0 Å². The fourth-order valence-electron chi connectivity index (χ4n) is 2.90. The van der Waals surface area contributed by atoms with Gasteiger partial charge in [-0.25, -0.2) is 0 Å². The van der Waals surface area contributed by atoms with E-state index in [9.17, 15) is 0 Å². The maximum Gasteiger partial charge on any atom is -1.00 e. The Kier molecular flexibility index (Phi) is 9.35. The van der Waals surface area contributed by atoms with E-state index in [1.807, 2.05) is 0 Å². The first-order chi connectivity index (χ1) is 9.43. The maximum atomic E-state index is 3.95. The smallest absolute Gasteiger partial charge is 1.00 e. The monoisotopic (exact) mass is 389 g/mol. The van der Waals surface area contributed by atoms with Crippen molar-refractivity contribution in [1.29, 1.82) is 0 Å². The standard InChI is InChI=1S/C9H13.C6H6N.C2H6Si.2ClH.Ti/c1-6-5-7(2)9(4)8(6)3;7-6-4-2-1-3-5-6;1-3-2;;;/h6H,1-4H3;1-5,7H;1-2H3;2*1H;/q;-1;;;;+3/p-2. The molecule has 2 rings (SSSR count). The number of anilines is 1. The summed E-state index contributed by atoms with van der Waals surface area (Å²) in [6.07, 6.45) is -0.294. The molecule has 5 heteroatoms. The molecule has 1 atom stereocenters. The number of halogens is 2. The first-order valence-electron chi connectivity index (χ1n) is 7.32. The second-order valence-electron chi connectivity index (χ2n) is 5.93. The topological polar surface area (TPSA) is 12.0 Å². The summed E-state index contributed by atoms with van der Waals surface area (Å²) in [4.78, 5) is 0. The summed E-state index contributed by atoms with van der Waals surface area (Å²) in [5, 5.41) is 0. The van der Waals surface area contributed by atoms with Gasteiger partial charge in [0.2, 0.25) is 0 Å². The molecule has 0 aromatic heterocycles. The van der Waals surface area contributed by atoms with Gasteiger partial charge in [-0.3, -0.25) is 0 Å². The van der Waals surface area contributed by atoms with Crippen molar-refractivity contribution in [1.82, 2.24) is 0 Å². The Balaban J connectivity index is 0.00000220. The molecule has 22 heavy (non-hydrogen) atoms. The molecule has 1 aromatic rings. The van der Waals surface area contributed by atoms with Gasteiger partial charge in [-0.1, -0.05) is 0 Å². The summed E-state index contributed by atoms with van der Waals surface area (Å²) in [7, 11) is 0. The van der Waals surface area contributed by atoms with Crippen molar-refractivity contribution in [3.05, 3.63) is 50.9 Å². The molecule has 0 radical (unpaired) electrons. The summed E-state index contributed by atoms with van der Waals surface area (Å²) in [6.45, 7) is 14.3. The van der Waals surface area contributed by atoms with Crippen molar-refractivity contribution in [3.63, 3.8) is 0 Å². The third-order valence-corrected chi connectivity index (χ3v) is 14.7. The van der Waals surface area contributed by atoms with E-state index in [2.05, 4.69) is 74.9 Å². The number of para-hydroxylation sites is 1. The molecular weight excluding hydrogens is 365 g/mol. The number of allylic oxidation sites excluding steroid dienone is 4. The Morgan fingerprint density at radius 3 is 1.91 bits per heavy atom. The van der Waals surface area contributed by atoms with Gasteiger partial charge in [-0.2, -0.15) is 0 Å². The third-order valence-electron chi connectivity index (χ3n) is 4.45. The van der Waals surface area contributed by atoms with Crippen LogP contribution in [0.15, 0.2) is 50.9 Å². The molecule has 1 nitrogen and oxygen atoms in total. The van der Waals surface area contributed by atoms with Crippen molar-refractivity contribution >= 4 is 11.9 Å². The summed E-state index contributed by atoms with van der Waals surface area (Å²) in [5.74, 6) is 0.654. The Hall–Kier alpha value is 0.0112. The second kappa shape index (κ2) is 9.34. The van der Waals surface area contributed by atoms with E-state index in [0.29, 0.717) is 5.92 Å². The molecule has 1 unspecified atom stereocenters. The zero-order chi connectivity index (χ0) is 14.9. The van der Waals surface area contributed by atoms with Crippen LogP contribution in [-0.2, 0) is 16.9 Å². The summed E-state index contributed by atoms with van der Waals surface area (Å²) < 4.78 is 5.73. The van der Waals surface area contributed by atoms with Crippen molar-refractivity contribution < 1.29 is 41.7 Å². The third kappa shape index (κ3) is 4.52. The van der Waals surface area contributed by atoms with Gasteiger partial charge in [-0.05, 0) is 0 Å². The Morgan fingerprint density at radius 2 is 1.50 bits per heavy atom. The van der Waals surface area contributed by atoms with Crippen molar-refractivity contribution in [3.8, 4) is 0 Å². The molecule has 0 bridgehead atoms. The average molecular weight is 390 g/mol. The molecule has 0 aliphatic heterocycles. The van der Waals surface area contributed by atoms with Gasteiger partial charge in [0.15, 0.2) is 0 Å².